The molecule has 5 nitrogen and oxygen atoms in total. The highest BCUT2D eigenvalue weighted by molar-refractivity contribution is 5.81. The van der Waals surface area contributed by atoms with Crippen molar-refractivity contribution in [2.24, 2.45) is 0 Å². The number of para-hydroxylation sites is 1. The first-order chi connectivity index (χ1) is 10.2. The molecule has 0 aliphatic heterocycles. The van der Waals surface area contributed by atoms with Crippen molar-refractivity contribution >= 4 is 11.6 Å². The van der Waals surface area contributed by atoms with Gasteiger partial charge in [-0.05, 0) is 25.5 Å². The van der Waals surface area contributed by atoms with Gasteiger partial charge in [0.1, 0.15) is 0 Å². The number of nitrogens with zero attached hydrogens (tertiary/aromatic N) is 1. The van der Waals surface area contributed by atoms with Gasteiger partial charge < -0.3 is 20.3 Å². The number of ether oxygens (including phenoxy) is 1. The van der Waals surface area contributed by atoms with Crippen LogP contribution in [0.3, 0.4) is 0 Å². The number of carbonyl (C=O) groups is 1. The summed E-state index contributed by atoms with van der Waals surface area (Å²) in [4.78, 5) is 13.9. The average molecular weight is 293 g/mol. The third-order valence-corrected chi connectivity index (χ3v) is 3.22. The number of methoxy groups -OCH3 is 1. The summed E-state index contributed by atoms with van der Waals surface area (Å²) < 4.78 is 5.03. The molecule has 0 saturated heterocycles. The molecule has 0 aliphatic carbocycles. The van der Waals surface area contributed by atoms with Gasteiger partial charge in [0.2, 0.25) is 5.91 Å². The fraction of sp³-hybridized carbons (Fsp3) is 0.562. The molecule has 0 unspecified atom stereocenters. The Morgan fingerprint density at radius 2 is 2.05 bits per heavy atom. The van der Waals surface area contributed by atoms with E-state index in [0.717, 1.165) is 25.3 Å². The standard InChI is InChI=1S/C16H27N3O2/c1-4-18-16(20)13-19(5-2)15-9-7-6-8-14(15)12-17-10-11-21-3/h6-9,17H,4-5,10-13H2,1-3H3,(H,18,20). The lowest BCUT2D eigenvalue weighted by atomic mass is 10.1. The molecule has 21 heavy (non-hydrogen) atoms. The van der Waals surface area contributed by atoms with Crippen LogP contribution in [0.4, 0.5) is 5.69 Å². The van der Waals surface area contributed by atoms with Crippen molar-refractivity contribution in [1.82, 2.24) is 10.6 Å². The number of amides is 1. The van der Waals surface area contributed by atoms with Crippen molar-refractivity contribution in [2.45, 2.75) is 20.4 Å². The van der Waals surface area contributed by atoms with E-state index in [1.165, 1.54) is 5.56 Å². The Morgan fingerprint density at radius 1 is 1.29 bits per heavy atom. The normalized spacial score (nSPS) is 10.4. The van der Waals surface area contributed by atoms with E-state index in [2.05, 4.69) is 34.6 Å². The van der Waals surface area contributed by atoms with Gasteiger partial charge in [-0.15, -0.1) is 0 Å². The van der Waals surface area contributed by atoms with Crippen molar-refractivity contribution in [3.05, 3.63) is 29.8 Å². The van der Waals surface area contributed by atoms with Gasteiger partial charge in [0.05, 0.1) is 13.2 Å². The van der Waals surface area contributed by atoms with Crippen LogP contribution in [0.25, 0.3) is 0 Å². The SMILES string of the molecule is CCNC(=O)CN(CC)c1ccccc1CNCCOC. The quantitative estimate of drug-likeness (QED) is 0.640. The lowest BCUT2D eigenvalue weighted by Gasteiger charge is -2.25. The van der Waals surface area contributed by atoms with Gasteiger partial charge in [0, 0.05) is 39.0 Å². The highest BCUT2D eigenvalue weighted by Crippen LogP contribution is 2.19. The second kappa shape index (κ2) is 10.2. The second-order valence-electron chi connectivity index (χ2n) is 4.77. The fourth-order valence-corrected chi connectivity index (χ4v) is 2.16. The molecule has 0 atom stereocenters. The summed E-state index contributed by atoms with van der Waals surface area (Å²) in [5.74, 6) is 0.0569. The zero-order chi connectivity index (χ0) is 15.5. The molecule has 0 heterocycles. The van der Waals surface area contributed by atoms with E-state index >= 15 is 0 Å². The molecule has 118 valence electrons. The Kier molecular flexibility index (Phi) is 8.47. The first-order valence-corrected chi connectivity index (χ1v) is 7.52. The zero-order valence-electron chi connectivity index (χ0n) is 13.3. The molecule has 0 saturated carbocycles. The minimum Gasteiger partial charge on any atom is -0.383 e. The van der Waals surface area contributed by atoms with Gasteiger partial charge in [0.15, 0.2) is 0 Å². The molecule has 1 aromatic rings. The summed E-state index contributed by atoms with van der Waals surface area (Å²) in [6, 6.07) is 8.19. The summed E-state index contributed by atoms with van der Waals surface area (Å²) in [7, 11) is 1.70. The van der Waals surface area contributed by atoms with Crippen LogP contribution in [-0.4, -0.2) is 45.8 Å². The fourth-order valence-electron chi connectivity index (χ4n) is 2.16. The Labute approximate surface area is 127 Å². The monoisotopic (exact) mass is 293 g/mol. The zero-order valence-corrected chi connectivity index (χ0v) is 13.3. The summed E-state index contributed by atoms with van der Waals surface area (Å²) in [5.41, 5.74) is 2.30. The number of hydrogen-bond donors (Lipinski definition) is 2. The van der Waals surface area contributed by atoms with E-state index in [-0.39, 0.29) is 5.91 Å². The Balaban J connectivity index is 2.71. The molecule has 0 bridgehead atoms. The van der Waals surface area contributed by atoms with Crippen LogP contribution in [0.5, 0.6) is 0 Å². The van der Waals surface area contributed by atoms with Crippen molar-refractivity contribution in [3.8, 4) is 0 Å². The topological polar surface area (TPSA) is 53.6 Å². The lowest BCUT2D eigenvalue weighted by molar-refractivity contribution is -0.119. The molecule has 2 N–H and O–H groups in total. The maximum Gasteiger partial charge on any atom is 0.239 e. The van der Waals surface area contributed by atoms with Crippen molar-refractivity contribution in [1.29, 1.82) is 0 Å². The van der Waals surface area contributed by atoms with Crippen LogP contribution in [0, 0.1) is 0 Å². The summed E-state index contributed by atoms with van der Waals surface area (Å²) >= 11 is 0. The van der Waals surface area contributed by atoms with Crippen LogP contribution in [-0.2, 0) is 16.1 Å². The maximum absolute atomic E-state index is 11.8. The molecule has 0 fully saturated rings. The molecule has 1 rings (SSSR count). The predicted molar refractivity (Wildman–Crippen MR) is 86.6 cm³/mol. The number of carbonyl (C=O) groups excluding carboxylic acids is 1. The molecule has 0 aromatic heterocycles. The molecule has 0 spiro atoms. The number of benzene rings is 1. The van der Waals surface area contributed by atoms with Crippen LogP contribution < -0.4 is 15.5 Å². The average Bonchev–Trinajstić information content (AvgIpc) is 2.50. The number of likely N-dealkylation sites (N-methyl/N-ethyl adjacent to an activating group) is 2. The van der Waals surface area contributed by atoms with Gasteiger partial charge in [-0.1, -0.05) is 18.2 Å². The Hall–Kier alpha value is -1.59. The van der Waals surface area contributed by atoms with E-state index in [0.29, 0.717) is 19.7 Å². The van der Waals surface area contributed by atoms with E-state index in [1.807, 2.05) is 19.1 Å². The minimum absolute atomic E-state index is 0.0569. The number of rotatable bonds is 10. The van der Waals surface area contributed by atoms with Crippen molar-refractivity contribution < 1.29 is 9.53 Å². The predicted octanol–water partition coefficient (Wildman–Crippen LogP) is 1.39. The van der Waals surface area contributed by atoms with Gasteiger partial charge in [0.25, 0.3) is 0 Å². The molecule has 1 amide bonds. The van der Waals surface area contributed by atoms with Crippen LogP contribution >= 0.6 is 0 Å². The highest BCUT2D eigenvalue weighted by Gasteiger charge is 2.12. The summed E-state index contributed by atoms with van der Waals surface area (Å²) in [6.45, 7) is 8.12. The van der Waals surface area contributed by atoms with E-state index < -0.39 is 0 Å². The van der Waals surface area contributed by atoms with Gasteiger partial charge in [-0.25, -0.2) is 0 Å². The van der Waals surface area contributed by atoms with Gasteiger partial charge in [-0.2, -0.15) is 0 Å². The minimum atomic E-state index is 0.0569. The van der Waals surface area contributed by atoms with Crippen LogP contribution in [0.2, 0.25) is 0 Å². The third-order valence-electron chi connectivity index (χ3n) is 3.22. The number of nitrogens with one attached hydrogen (secondary N) is 2. The summed E-state index contributed by atoms with van der Waals surface area (Å²) in [5, 5.41) is 6.19. The Morgan fingerprint density at radius 3 is 2.71 bits per heavy atom. The molecule has 0 aliphatic rings. The second-order valence-corrected chi connectivity index (χ2v) is 4.77. The number of hydrogen-bond acceptors (Lipinski definition) is 4. The molecular weight excluding hydrogens is 266 g/mol. The highest BCUT2D eigenvalue weighted by atomic mass is 16.5. The molecule has 0 radical (unpaired) electrons. The third kappa shape index (κ3) is 6.14. The van der Waals surface area contributed by atoms with Crippen molar-refractivity contribution in [3.63, 3.8) is 0 Å². The van der Waals surface area contributed by atoms with E-state index in [4.69, 9.17) is 4.74 Å². The van der Waals surface area contributed by atoms with E-state index in [1.54, 1.807) is 7.11 Å². The number of anilines is 1. The molecule has 5 heteroatoms. The molecule has 1 aromatic carbocycles. The molecular formula is C16H27N3O2. The van der Waals surface area contributed by atoms with Crippen LogP contribution in [0.1, 0.15) is 19.4 Å². The first-order valence-electron chi connectivity index (χ1n) is 7.52. The van der Waals surface area contributed by atoms with E-state index in [9.17, 15) is 4.79 Å². The summed E-state index contributed by atoms with van der Waals surface area (Å²) in [6.07, 6.45) is 0. The van der Waals surface area contributed by atoms with Crippen LogP contribution in [0.15, 0.2) is 24.3 Å². The maximum atomic E-state index is 11.8. The first kappa shape index (κ1) is 17.5. The van der Waals surface area contributed by atoms with Crippen molar-refractivity contribution in [2.75, 3.05) is 44.8 Å². The smallest absolute Gasteiger partial charge is 0.239 e. The van der Waals surface area contributed by atoms with Gasteiger partial charge in [-0.3, -0.25) is 4.79 Å². The largest absolute Gasteiger partial charge is 0.383 e. The lowest BCUT2D eigenvalue weighted by Crippen LogP contribution is -2.37. The van der Waals surface area contributed by atoms with Gasteiger partial charge >= 0.3 is 0 Å². The Bertz CT molecular complexity index is 424.